The molecule has 0 aromatic carbocycles. The second-order valence-electron chi connectivity index (χ2n) is 4.56. The fourth-order valence-electron chi connectivity index (χ4n) is 1.96. The van der Waals surface area contributed by atoms with Crippen LogP contribution in [-0.4, -0.2) is 60.1 Å². The van der Waals surface area contributed by atoms with Crippen LogP contribution in [0.1, 0.15) is 26.2 Å². The number of nitrogens with one attached hydrogen (secondary N) is 1. The van der Waals surface area contributed by atoms with Gasteiger partial charge in [0.1, 0.15) is 19.3 Å². The molecule has 108 valence electrons. The van der Waals surface area contributed by atoms with E-state index < -0.39 is 24.5 Å². The summed E-state index contributed by atoms with van der Waals surface area (Å²) < 4.78 is 4.65. The summed E-state index contributed by atoms with van der Waals surface area (Å²) in [6.45, 7) is 2.20. The van der Waals surface area contributed by atoms with Crippen LogP contribution >= 0.6 is 0 Å². The number of ether oxygens (including phenoxy) is 1. The lowest BCUT2D eigenvalue weighted by molar-refractivity contribution is -0.144. The minimum absolute atomic E-state index is 0.105. The van der Waals surface area contributed by atoms with E-state index in [1.54, 1.807) is 11.8 Å². The van der Waals surface area contributed by atoms with Gasteiger partial charge in [0.25, 0.3) is 0 Å². The fraction of sp³-hybridized carbons (Fsp3) is 0.750. The van der Waals surface area contributed by atoms with E-state index in [0.29, 0.717) is 0 Å². The average Bonchev–Trinajstić information content (AvgIpc) is 2.38. The number of hydrogen-bond donors (Lipinski definition) is 2. The molecule has 0 aromatic heterocycles. The fourth-order valence-corrected chi connectivity index (χ4v) is 1.96. The average molecular weight is 272 g/mol. The molecule has 2 amide bonds. The standard InChI is InChI=1S/C12H20N2O5/c1-9(12(18)14-5-3-2-4-6-14)13-10(15)7-19-8-11(16)17/h9H,2-8H2,1H3,(H,13,15)(H,16,17). The third-order valence-electron chi connectivity index (χ3n) is 2.87. The zero-order chi connectivity index (χ0) is 14.3. The van der Waals surface area contributed by atoms with Crippen molar-refractivity contribution in [3.63, 3.8) is 0 Å². The summed E-state index contributed by atoms with van der Waals surface area (Å²) in [6, 6.07) is -0.612. The quantitative estimate of drug-likeness (QED) is 0.686. The summed E-state index contributed by atoms with van der Waals surface area (Å²) in [7, 11) is 0. The zero-order valence-electron chi connectivity index (χ0n) is 11.1. The summed E-state index contributed by atoms with van der Waals surface area (Å²) >= 11 is 0. The molecular formula is C12H20N2O5. The first kappa shape index (κ1) is 15.4. The van der Waals surface area contributed by atoms with Crippen LogP contribution in [0.15, 0.2) is 0 Å². The molecule has 0 aliphatic carbocycles. The van der Waals surface area contributed by atoms with Crippen LogP contribution in [0, 0.1) is 0 Å². The molecule has 1 unspecified atom stereocenters. The topological polar surface area (TPSA) is 95.9 Å². The van der Waals surface area contributed by atoms with Crippen molar-refractivity contribution in [3.05, 3.63) is 0 Å². The molecule has 1 heterocycles. The Bertz CT molecular complexity index is 339. The van der Waals surface area contributed by atoms with E-state index in [1.165, 1.54) is 0 Å². The lowest BCUT2D eigenvalue weighted by Gasteiger charge is -2.29. The number of carboxylic acid groups (broad SMARTS) is 1. The molecule has 0 spiro atoms. The maximum absolute atomic E-state index is 12.0. The molecular weight excluding hydrogens is 252 g/mol. The molecule has 7 nitrogen and oxygen atoms in total. The Morgan fingerprint density at radius 2 is 1.84 bits per heavy atom. The monoisotopic (exact) mass is 272 g/mol. The number of amides is 2. The third kappa shape index (κ3) is 5.69. The van der Waals surface area contributed by atoms with Gasteiger partial charge < -0.3 is 20.1 Å². The van der Waals surface area contributed by atoms with Gasteiger partial charge in [-0.1, -0.05) is 0 Å². The molecule has 7 heteroatoms. The number of hydrogen-bond acceptors (Lipinski definition) is 4. The third-order valence-corrected chi connectivity index (χ3v) is 2.87. The molecule has 0 bridgehead atoms. The van der Waals surface area contributed by atoms with Crippen LogP contribution in [0.2, 0.25) is 0 Å². The van der Waals surface area contributed by atoms with Crippen LogP contribution in [0.5, 0.6) is 0 Å². The largest absolute Gasteiger partial charge is 0.480 e. The first-order valence-corrected chi connectivity index (χ1v) is 6.38. The first-order chi connectivity index (χ1) is 9.00. The predicted molar refractivity (Wildman–Crippen MR) is 66.5 cm³/mol. The number of carboxylic acids is 1. The Balaban J connectivity index is 2.28. The highest BCUT2D eigenvalue weighted by Crippen LogP contribution is 2.09. The Labute approximate surface area is 111 Å². The van der Waals surface area contributed by atoms with Gasteiger partial charge in [-0.25, -0.2) is 4.79 Å². The smallest absolute Gasteiger partial charge is 0.329 e. The maximum atomic E-state index is 12.0. The van der Waals surface area contributed by atoms with Gasteiger partial charge in [0.2, 0.25) is 11.8 Å². The molecule has 1 aliphatic heterocycles. The van der Waals surface area contributed by atoms with E-state index >= 15 is 0 Å². The molecule has 1 aliphatic rings. The van der Waals surface area contributed by atoms with Gasteiger partial charge in [0, 0.05) is 13.1 Å². The summed E-state index contributed by atoms with van der Waals surface area (Å²) in [5.41, 5.74) is 0. The van der Waals surface area contributed by atoms with Crippen LogP contribution in [-0.2, 0) is 19.1 Å². The Morgan fingerprint density at radius 3 is 2.42 bits per heavy atom. The highest BCUT2D eigenvalue weighted by Gasteiger charge is 2.23. The summed E-state index contributed by atoms with van der Waals surface area (Å²) in [4.78, 5) is 35.4. The van der Waals surface area contributed by atoms with E-state index in [1.807, 2.05) is 0 Å². The number of piperidine rings is 1. The molecule has 2 N–H and O–H groups in total. The van der Waals surface area contributed by atoms with Crippen molar-refractivity contribution in [1.82, 2.24) is 10.2 Å². The molecule has 0 saturated carbocycles. The lowest BCUT2D eigenvalue weighted by atomic mass is 10.1. The Hall–Kier alpha value is -1.63. The van der Waals surface area contributed by atoms with Gasteiger partial charge in [-0.2, -0.15) is 0 Å². The SMILES string of the molecule is CC(NC(=O)COCC(=O)O)C(=O)N1CCCCC1. The second-order valence-corrected chi connectivity index (χ2v) is 4.56. The highest BCUT2D eigenvalue weighted by atomic mass is 16.5. The number of nitrogens with zero attached hydrogens (tertiary/aromatic N) is 1. The van der Waals surface area contributed by atoms with E-state index in [4.69, 9.17) is 5.11 Å². The van der Waals surface area contributed by atoms with E-state index in [0.717, 1.165) is 32.4 Å². The van der Waals surface area contributed by atoms with Crippen molar-refractivity contribution in [2.45, 2.75) is 32.2 Å². The van der Waals surface area contributed by atoms with Crippen molar-refractivity contribution in [2.24, 2.45) is 0 Å². The van der Waals surface area contributed by atoms with Gasteiger partial charge in [-0.15, -0.1) is 0 Å². The van der Waals surface area contributed by atoms with Crippen molar-refractivity contribution in [2.75, 3.05) is 26.3 Å². The molecule has 1 rings (SSSR count). The van der Waals surface area contributed by atoms with Crippen molar-refractivity contribution in [3.8, 4) is 0 Å². The number of likely N-dealkylation sites (tertiary alicyclic amines) is 1. The van der Waals surface area contributed by atoms with Crippen molar-refractivity contribution in [1.29, 1.82) is 0 Å². The normalized spacial score (nSPS) is 16.8. The van der Waals surface area contributed by atoms with Gasteiger partial charge >= 0.3 is 5.97 Å². The first-order valence-electron chi connectivity index (χ1n) is 6.38. The molecule has 1 fully saturated rings. The van der Waals surface area contributed by atoms with Gasteiger partial charge in [-0.05, 0) is 26.2 Å². The van der Waals surface area contributed by atoms with Crippen LogP contribution in [0.4, 0.5) is 0 Å². The molecule has 1 saturated heterocycles. The lowest BCUT2D eigenvalue weighted by Crippen LogP contribution is -2.49. The maximum Gasteiger partial charge on any atom is 0.329 e. The van der Waals surface area contributed by atoms with Crippen molar-refractivity contribution >= 4 is 17.8 Å². The summed E-state index contributed by atoms with van der Waals surface area (Å²) in [5, 5.41) is 10.9. The molecule has 19 heavy (non-hydrogen) atoms. The Kier molecular flexibility index (Phi) is 6.27. The minimum Gasteiger partial charge on any atom is -0.480 e. The number of carbonyl (C=O) groups is 3. The number of aliphatic carboxylic acids is 1. The van der Waals surface area contributed by atoms with Crippen LogP contribution in [0.3, 0.4) is 0 Å². The van der Waals surface area contributed by atoms with E-state index in [9.17, 15) is 14.4 Å². The van der Waals surface area contributed by atoms with Gasteiger partial charge in [0.05, 0.1) is 0 Å². The van der Waals surface area contributed by atoms with E-state index in [2.05, 4.69) is 10.1 Å². The molecule has 1 atom stereocenters. The van der Waals surface area contributed by atoms with E-state index in [-0.39, 0.29) is 12.5 Å². The van der Waals surface area contributed by atoms with Crippen LogP contribution in [0.25, 0.3) is 0 Å². The highest BCUT2D eigenvalue weighted by molar-refractivity contribution is 5.87. The summed E-state index contributed by atoms with van der Waals surface area (Å²) in [5.74, 6) is -1.73. The molecule has 0 radical (unpaired) electrons. The minimum atomic E-state index is -1.13. The zero-order valence-corrected chi connectivity index (χ0v) is 11.1. The Morgan fingerprint density at radius 1 is 1.21 bits per heavy atom. The predicted octanol–water partition coefficient (Wildman–Crippen LogP) is -0.395. The second kappa shape index (κ2) is 7.73. The number of carbonyl (C=O) groups excluding carboxylic acids is 2. The van der Waals surface area contributed by atoms with Gasteiger partial charge in [0.15, 0.2) is 0 Å². The van der Waals surface area contributed by atoms with Gasteiger partial charge in [-0.3, -0.25) is 9.59 Å². The molecule has 0 aromatic rings. The van der Waals surface area contributed by atoms with Crippen LogP contribution < -0.4 is 5.32 Å². The summed E-state index contributed by atoms with van der Waals surface area (Å²) in [6.07, 6.45) is 3.12. The number of rotatable bonds is 6. The van der Waals surface area contributed by atoms with Crippen molar-refractivity contribution < 1.29 is 24.2 Å².